The van der Waals surface area contributed by atoms with E-state index in [1.54, 1.807) is 4.90 Å². The number of anilines is 1. The molecule has 2 rings (SSSR count). The Balaban J connectivity index is 2.21. The van der Waals surface area contributed by atoms with E-state index in [0.29, 0.717) is 18.7 Å². The second-order valence-corrected chi connectivity index (χ2v) is 5.61. The second-order valence-electron chi connectivity index (χ2n) is 5.61. The normalized spacial score (nSPS) is 22.3. The van der Waals surface area contributed by atoms with E-state index in [0.717, 1.165) is 0 Å². The summed E-state index contributed by atoms with van der Waals surface area (Å²) in [6.45, 7) is 6.86. The molecule has 2 N–H and O–H groups in total. The summed E-state index contributed by atoms with van der Waals surface area (Å²) in [7, 11) is 0. The van der Waals surface area contributed by atoms with Crippen LogP contribution in [-0.2, 0) is 4.74 Å². The Morgan fingerprint density at radius 1 is 1.53 bits per heavy atom. The van der Waals surface area contributed by atoms with E-state index in [1.807, 2.05) is 20.8 Å². The van der Waals surface area contributed by atoms with Crippen molar-refractivity contribution in [2.75, 3.05) is 18.8 Å². The van der Waals surface area contributed by atoms with Crippen molar-refractivity contribution in [1.29, 1.82) is 0 Å². The van der Waals surface area contributed by atoms with Gasteiger partial charge in [-0.25, -0.2) is 4.39 Å². The monoisotopic (exact) mass is 266 g/mol. The van der Waals surface area contributed by atoms with E-state index in [2.05, 4.69) is 0 Å². The smallest absolute Gasteiger partial charge is 0.254 e. The first kappa shape index (κ1) is 13.8. The molecular weight excluding hydrogens is 247 g/mol. The van der Waals surface area contributed by atoms with E-state index in [9.17, 15) is 9.18 Å². The average molecular weight is 266 g/mol. The fraction of sp³-hybridized carbons (Fsp3) is 0.500. The summed E-state index contributed by atoms with van der Waals surface area (Å²) in [5.41, 5.74) is 5.52. The number of rotatable bonds is 1. The molecule has 0 bridgehead atoms. The number of nitrogen functional groups attached to an aromatic ring is 1. The molecule has 1 heterocycles. The van der Waals surface area contributed by atoms with Crippen molar-refractivity contribution in [2.45, 2.75) is 32.5 Å². The first-order chi connectivity index (χ1) is 8.78. The highest BCUT2D eigenvalue weighted by atomic mass is 19.1. The fourth-order valence-corrected chi connectivity index (χ4v) is 2.47. The van der Waals surface area contributed by atoms with Crippen LogP contribution in [0.3, 0.4) is 0 Å². The number of amides is 1. The highest BCUT2D eigenvalue weighted by Crippen LogP contribution is 2.23. The van der Waals surface area contributed by atoms with Crippen LogP contribution in [0.2, 0.25) is 0 Å². The molecule has 1 aromatic carbocycles. The average Bonchev–Trinajstić information content (AvgIpc) is 2.29. The molecule has 104 valence electrons. The molecule has 4 nitrogen and oxygen atoms in total. The Labute approximate surface area is 112 Å². The molecule has 0 radical (unpaired) electrons. The minimum Gasteiger partial charge on any atom is -0.396 e. The van der Waals surface area contributed by atoms with Gasteiger partial charge in [0.15, 0.2) is 0 Å². The van der Waals surface area contributed by atoms with Crippen LogP contribution in [0.4, 0.5) is 10.1 Å². The molecular formula is C14H19FN2O2. The van der Waals surface area contributed by atoms with Gasteiger partial charge in [0.25, 0.3) is 5.91 Å². The maximum atomic E-state index is 13.1. The van der Waals surface area contributed by atoms with Crippen molar-refractivity contribution in [3.8, 4) is 0 Å². The molecule has 0 aliphatic carbocycles. The zero-order valence-corrected chi connectivity index (χ0v) is 11.4. The molecule has 1 fully saturated rings. The van der Waals surface area contributed by atoms with E-state index >= 15 is 0 Å². The topological polar surface area (TPSA) is 55.6 Å². The summed E-state index contributed by atoms with van der Waals surface area (Å²) >= 11 is 0. The number of nitrogens with zero attached hydrogens (tertiary/aromatic N) is 1. The maximum absolute atomic E-state index is 13.1. The summed E-state index contributed by atoms with van der Waals surface area (Å²) in [6.07, 6.45) is -0.0227. The van der Waals surface area contributed by atoms with E-state index in [-0.39, 0.29) is 23.3 Å². The van der Waals surface area contributed by atoms with Crippen molar-refractivity contribution in [1.82, 2.24) is 4.90 Å². The van der Waals surface area contributed by atoms with Crippen LogP contribution in [-0.4, -0.2) is 35.6 Å². The van der Waals surface area contributed by atoms with Crippen LogP contribution in [0.5, 0.6) is 0 Å². The molecule has 5 heteroatoms. The van der Waals surface area contributed by atoms with E-state index < -0.39 is 5.82 Å². The number of morpholine rings is 1. The predicted molar refractivity (Wildman–Crippen MR) is 71.3 cm³/mol. The molecule has 1 aliphatic rings. The number of benzene rings is 1. The largest absolute Gasteiger partial charge is 0.396 e. The Morgan fingerprint density at radius 2 is 2.21 bits per heavy atom. The number of hydrogen-bond donors (Lipinski definition) is 1. The molecule has 0 aromatic heterocycles. The Kier molecular flexibility index (Phi) is 3.49. The standard InChI is InChI=1S/C14H19FN2O2/c1-9-7-17(8-14(2,3)19-9)13(18)10-4-5-11(15)12(16)6-10/h4-6,9H,7-8,16H2,1-3H3. The SMILES string of the molecule is CC1CN(C(=O)c2ccc(F)c(N)c2)CC(C)(C)O1. The minimum absolute atomic E-state index is 0.00795. The number of halogens is 1. The third kappa shape index (κ3) is 3.04. The van der Waals surface area contributed by atoms with Crippen molar-refractivity contribution >= 4 is 11.6 Å². The Hall–Kier alpha value is -1.62. The summed E-state index contributed by atoms with van der Waals surface area (Å²) in [4.78, 5) is 14.1. The number of ether oxygens (including phenoxy) is 1. The fourth-order valence-electron chi connectivity index (χ4n) is 2.47. The first-order valence-electron chi connectivity index (χ1n) is 6.30. The number of hydrogen-bond acceptors (Lipinski definition) is 3. The lowest BCUT2D eigenvalue weighted by Gasteiger charge is -2.41. The van der Waals surface area contributed by atoms with Gasteiger partial charge in [-0.3, -0.25) is 4.79 Å². The quantitative estimate of drug-likeness (QED) is 0.791. The van der Waals surface area contributed by atoms with Gasteiger partial charge >= 0.3 is 0 Å². The zero-order valence-electron chi connectivity index (χ0n) is 11.4. The van der Waals surface area contributed by atoms with Crippen LogP contribution in [0, 0.1) is 5.82 Å². The van der Waals surface area contributed by atoms with Gasteiger partial charge in [0.05, 0.1) is 17.4 Å². The first-order valence-corrected chi connectivity index (χ1v) is 6.30. The second kappa shape index (κ2) is 4.81. The van der Waals surface area contributed by atoms with Crippen LogP contribution >= 0.6 is 0 Å². The van der Waals surface area contributed by atoms with Crippen LogP contribution in [0.1, 0.15) is 31.1 Å². The molecule has 0 saturated carbocycles. The summed E-state index contributed by atoms with van der Waals surface area (Å²) < 4.78 is 18.9. The van der Waals surface area contributed by atoms with Gasteiger partial charge in [-0.2, -0.15) is 0 Å². The highest BCUT2D eigenvalue weighted by Gasteiger charge is 2.34. The van der Waals surface area contributed by atoms with E-state index in [4.69, 9.17) is 10.5 Å². The zero-order chi connectivity index (χ0) is 14.2. The lowest BCUT2D eigenvalue weighted by Crippen LogP contribution is -2.53. The van der Waals surface area contributed by atoms with Crippen LogP contribution in [0.15, 0.2) is 18.2 Å². The molecule has 1 aromatic rings. The van der Waals surface area contributed by atoms with Crippen molar-refractivity contribution in [3.05, 3.63) is 29.6 Å². The molecule has 0 spiro atoms. The molecule has 1 saturated heterocycles. The molecule has 1 unspecified atom stereocenters. The Morgan fingerprint density at radius 3 is 2.79 bits per heavy atom. The number of carbonyl (C=O) groups is 1. The molecule has 1 aliphatic heterocycles. The van der Waals surface area contributed by atoms with Gasteiger partial charge in [-0.1, -0.05) is 0 Å². The maximum Gasteiger partial charge on any atom is 0.254 e. The van der Waals surface area contributed by atoms with Gasteiger partial charge < -0.3 is 15.4 Å². The van der Waals surface area contributed by atoms with Gasteiger partial charge in [-0.05, 0) is 39.0 Å². The summed E-state index contributed by atoms with van der Waals surface area (Å²) in [5.74, 6) is -0.651. The van der Waals surface area contributed by atoms with Crippen molar-refractivity contribution in [2.24, 2.45) is 0 Å². The lowest BCUT2D eigenvalue weighted by molar-refractivity contribution is -0.118. The Bertz CT molecular complexity index is 502. The minimum atomic E-state index is -0.507. The summed E-state index contributed by atoms with van der Waals surface area (Å²) in [6, 6.07) is 4.06. The molecule has 1 atom stereocenters. The van der Waals surface area contributed by atoms with Crippen LogP contribution < -0.4 is 5.73 Å². The van der Waals surface area contributed by atoms with Crippen molar-refractivity contribution in [3.63, 3.8) is 0 Å². The lowest BCUT2D eigenvalue weighted by atomic mass is 10.0. The van der Waals surface area contributed by atoms with E-state index in [1.165, 1.54) is 18.2 Å². The van der Waals surface area contributed by atoms with Crippen molar-refractivity contribution < 1.29 is 13.9 Å². The van der Waals surface area contributed by atoms with Gasteiger partial charge in [0, 0.05) is 18.7 Å². The molecule has 19 heavy (non-hydrogen) atoms. The van der Waals surface area contributed by atoms with Gasteiger partial charge in [0.1, 0.15) is 5.82 Å². The van der Waals surface area contributed by atoms with Gasteiger partial charge in [0.2, 0.25) is 0 Å². The molecule has 1 amide bonds. The highest BCUT2D eigenvalue weighted by molar-refractivity contribution is 5.95. The summed E-state index contributed by atoms with van der Waals surface area (Å²) in [5, 5.41) is 0. The van der Waals surface area contributed by atoms with Gasteiger partial charge in [-0.15, -0.1) is 0 Å². The third-order valence-electron chi connectivity index (χ3n) is 3.10. The number of carbonyl (C=O) groups excluding carboxylic acids is 1. The third-order valence-corrected chi connectivity index (χ3v) is 3.10. The predicted octanol–water partition coefficient (Wildman–Crippen LogP) is 2.05. The van der Waals surface area contributed by atoms with Crippen LogP contribution in [0.25, 0.3) is 0 Å². The number of nitrogens with two attached hydrogens (primary N) is 1.